The summed E-state index contributed by atoms with van der Waals surface area (Å²) < 4.78 is 22.2. The number of hydrogen-bond acceptors (Lipinski definition) is 6. The molecule has 0 amide bonds. The Morgan fingerprint density at radius 1 is 0.714 bits per heavy atom. The third kappa shape index (κ3) is 3.79. The van der Waals surface area contributed by atoms with Crippen molar-refractivity contribution in [3.8, 4) is 11.1 Å². The molecule has 0 saturated heterocycles. The maximum Gasteiger partial charge on any atom is 0.217 e. The third-order valence-electron chi connectivity index (χ3n) is 4.75. The second-order valence-electron chi connectivity index (χ2n) is 6.80. The van der Waals surface area contributed by atoms with E-state index < -0.39 is 0 Å². The summed E-state index contributed by atoms with van der Waals surface area (Å²) in [6.45, 7) is 2.17. The molecule has 0 saturated carbocycles. The molecule has 0 aromatic heterocycles. The summed E-state index contributed by atoms with van der Waals surface area (Å²) in [5.74, 6) is 1.30. The first-order valence-electron chi connectivity index (χ1n) is 9.38. The van der Waals surface area contributed by atoms with Gasteiger partial charge in [0, 0.05) is 25.3 Å². The zero-order valence-electron chi connectivity index (χ0n) is 16.1. The number of benzene rings is 2. The maximum atomic E-state index is 5.87. The predicted octanol–water partition coefficient (Wildman–Crippen LogP) is 2.94. The fourth-order valence-electron chi connectivity index (χ4n) is 3.49. The van der Waals surface area contributed by atoms with Gasteiger partial charge in [0.15, 0.2) is 0 Å². The van der Waals surface area contributed by atoms with Crippen molar-refractivity contribution in [2.24, 2.45) is 9.98 Å². The van der Waals surface area contributed by atoms with Gasteiger partial charge in [-0.1, -0.05) is 36.4 Å². The third-order valence-corrected chi connectivity index (χ3v) is 4.75. The van der Waals surface area contributed by atoms with Crippen molar-refractivity contribution in [3.05, 3.63) is 59.7 Å². The van der Waals surface area contributed by atoms with Gasteiger partial charge in [0.1, 0.15) is 25.3 Å². The summed E-state index contributed by atoms with van der Waals surface area (Å²) in [5.41, 5.74) is 3.99. The van der Waals surface area contributed by atoms with Crippen LogP contribution in [0, 0.1) is 0 Å². The van der Waals surface area contributed by atoms with Crippen LogP contribution in [-0.4, -0.2) is 64.5 Å². The Hall–Kier alpha value is -2.70. The van der Waals surface area contributed by atoms with E-state index >= 15 is 0 Å². The van der Waals surface area contributed by atoms with Gasteiger partial charge >= 0.3 is 0 Å². The zero-order chi connectivity index (χ0) is 19.3. The van der Waals surface area contributed by atoms with Gasteiger partial charge in [-0.15, -0.1) is 0 Å². The highest BCUT2D eigenvalue weighted by atomic mass is 16.5. The van der Waals surface area contributed by atoms with Crippen LogP contribution in [0.15, 0.2) is 58.5 Å². The molecule has 2 aliphatic heterocycles. The van der Waals surface area contributed by atoms with E-state index in [2.05, 4.69) is 22.1 Å². The van der Waals surface area contributed by atoms with E-state index in [1.54, 1.807) is 14.2 Å². The molecule has 2 unspecified atom stereocenters. The number of methoxy groups -OCH3 is 2. The van der Waals surface area contributed by atoms with E-state index in [0.717, 1.165) is 22.3 Å². The van der Waals surface area contributed by atoms with E-state index in [4.69, 9.17) is 18.9 Å². The van der Waals surface area contributed by atoms with Crippen LogP contribution in [0.4, 0.5) is 0 Å². The number of aliphatic imine (C=N–C) groups is 2. The molecular formula is C22H24N2O4. The largest absolute Gasteiger partial charge is 0.475 e. The number of ether oxygens (including phenoxy) is 4. The first kappa shape index (κ1) is 18.7. The Kier molecular flexibility index (Phi) is 5.69. The van der Waals surface area contributed by atoms with E-state index in [-0.39, 0.29) is 12.1 Å². The summed E-state index contributed by atoms with van der Waals surface area (Å²) in [7, 11) is 3.35. The van der Waals surface area contributed by atoms with Crippen LogP contribution in [0.3, 0.4) is 0 Å². The zero-order valence-corrected chi connectivity index (χ0v) is 16.1. The average Bonchev–Trinajstić information content (AvgIpc) is 3.38. The summed E-state index contributed by atoms with van der Waals surface area (Å²) in [6.07, 6.45) is 0. The molecule has 2 aliphatic rings. The molecule has 0 spiro atoms. The minimum Gasteiger partial charge on any atom is -0.475 e. The van der Waals surface area contributed by atoms with Gasteiger partial charge in [-0.25, -0.2) is 9.98 Å². The van der Waals surface area contributed by atoms with Crippen LogP contribution in [0.2, 0.25) is 0 Å². The Labute approximate surface area is 164 Å². The Bertz CT molecular complexity index is 820. The summed E-state index contributed by atoms with van der Waals surface area (Å²) in [6, 6.07) is 16.3. The molecule has 146 valence electrons. The van der Waals surface area contributed by atoms with Crippen molar-refractivity contribution < 1.29 is 18.9 Å². The van der Waals surface area contributed by atoms with Crippen molar-refractivity contribution >= 4 is 11.8 Å². The lowest BCUT2D eigenvalue weighted by Crippen LogP contribution is -2.13. The van der Waals surface area contributed by atoms with Crippen molar-refractivity contribution in [2.75, 3.05) is 40.6 Å². The SMILES string of the molecule is COCC1COC(c2ccccc2-c2ccccc2C2=NC(COC)CO2)=N1. The molecule has 2 aromatic carbocycles. The quantitative estimate of drug-likeness (QED) is 0.741. The number of nitrogens with zero attached hydrogens (tertiary/aromatic N) is 2. The van der Waals surface area contributed by atoms with Crippen molar-refractivity contribution in [2.45, 2.75) is 12.1 Å². The molecule has 0 bridgehead atoms. The van der Waals surface area contributed by atoms with Crippen LogP contribution in [-0.2, 0) is 18.9 Å². The number of rotatable bonds is 7. The topological polar surface area (TPSA) is 61.6 Å². The van der Waals surface area contributed by atoms with E-state index in [1.807, 2.05) is 36.4 Å². The molecule has 4 rings (SSSR count). The minimum absolute atomic E-state index is 0.0284. The summed E-state index contributed by atoms with van der Waals surface area (Å²) >= 11 is 0. The second-order valence-corrected chi connectivity index (χ2v) is 6.80. The Morgan fingerprint density at radius 3 is 1.50 bits per heavy atom. The lowest BCUT2D eigenvalue weighted by atomic mass is 9.95. The van der Waals surface area contributed by atoms with Gasteiger partial charge in [-0.05, 0) is 23.3 Å². The van der Waals surface area contributed by atoms with Gasteiger partial charge in [0.05, 0.1) is 13.2 Å². The lowest BCUT2D eigenvalue weighted by molar-refractivity contribution is 0.164. The van der Waals surface area contributed by atoms with Crippen LogP contribution in [0.25, 0.3) is 11.1 Å². The first-order valence-corrected chi connectivity index (χ1v) is 9.38. The van der Waals surface area contributed by atoms with E-state index in [1.165, 1.54) is 0 Å². The highest BCUT2D eigenvalue weighted by Crippen LogP contribution is 2.31. The first-order chi connectivity index (χ1) is 13.8. The normalized spacial score (nSPS) is 21.1. The van der Waals surface area contributed by atoms with Gasteiger partial charge in [-0.3, -0.25) is 0 Å². The summed E-state index contributed by atoms with van der Waals surface area (Å²) in [4.78, 5) is 9.38. The molecule has 2 aromatic rings. The van der Waals surface area contributed by atoms with Gasteiger partial charge in [0.25, 0.3) is 0 Å². The van der Waals surface area contributed by atoms with Crippen molar-refractivity contribution in [3.63, 3.8) is 0 Å². The highest BCUT2D eigenvalue weighted by molar-refractivity contribution is 6.07. The highest BCUT2D eigenvalue weighted by Gasteiger charge is 2.25. The molecule has 0 aliphatic carbocycles. The van der Waals surface area contributed by atoms with Crippen LogP contribution < -0.4 is 0 Å². The molecule has 28 heavy (non-hydrogen) atoms. The Morgan fingerprint density at radius 2 is 1.11 bits per heavy atom. The fraction of sp³-hybridized carbons (Fsp3) is 0.364. The predicted molar refractivity (Wildman–Crippen MR) is 108 cm³/mol. The molecule has 0 N–H and O–H groups in total. The van der Waals surface area contributed by atoms with Gasteiger partial charge < -0.3 is 18.9 Å². The smallest absolute Gasteiger partial charge is 0.217 e. The molecule has 6 nitrogen and oxygen atoms in total. The maximum absolute atomic E-state index is 5.87. The van der Waals surface area contributed by atoms with Crippen molar-refractivity contribution in [1.82, 2.24) is 0 Å². The molecular weight excluding hydrogens is 356 g/mol. The second kappa shape index (κ2) is 8.54. The minimum atomic E-state index is 0.0284. The molecule has 0 radical (unpaired) electrons. The van der Waals surface area contributed by atoms with E-state index in [0.29, 0.717) is 38.2 Å². The molecule has 0 fully saturated rings. The molecule has 2 atom stereocenters. The monoisotopic (exact) mass is 380 g/mol. The van der Waals surface area contributed by atoms with Gasteiger partial charge in [-0.2, -0.15) is 0 Å². The average molecular weight is 380 g/mol. The standard InChI is InChI=1S/C22H24N2O4/c1-25-11-15-13-27-21(23-15)19-9-5-3-7-17(19)18-8-4-6-10-20(18)22-24-16(12-26-2)14-28-22/h3-10,15-16H,11-14H2,1-2H3. The van der Waals surface area contributed by atoms with Crippen molar-refractivity contribution in [1.29, 1.82) is 0 Å². The summed E-state index contributed by atoms with van der Waals surface area (Å²) in [5, 5.41) is 0. The lowest BCUT2D eigenvalue weighted by Gasteiger charge is -2.13. The molecule has 2 heterocycles. The van der Waals surface area contributed by atoms with E-state index in [9.17, 15) is 0 Å². The van der Waals surface area contributed by atoms with Gasteiger partial charge in [0.2, 0.25) is 11.8 Å². The van der Waals surface area contributed by atoms with Crippen LogP contribution in [0.5, 0.6) is 0 Å². The number of hydrogen-bond donors (Lipinski definition) is 0. The Balaban J connectivity index is 1.72. The van der Waals surface area contributed by atoms with Crippen LogP contribution in [0.1, 0.15) is 11.1 Å². The fourth-order valence-corrected chi connectivity index (χ4v) is 3.49. The van der Waals surface area contributed by atoms with Crippen LogP contribution >= 0.6 is 0 Å². The molecule has 6 heteroatoms.